The molecule has 0 aromatic carbocycles. The van der Waals surface area contributed by atoms with Crippen molar-refractivity contribution >= 4 is 7.14 Å². The number of hydrogen-bond donors (Lipinski definition) is 1. The van der Waals surface area contributed by atoms with Crippen LogP contribution in [0.25, 0.3) is 0 Å². The first-order valence-electron chi connectivity index (χ1n) is 3.90. The van der Waals surface area contributed by atoms with E-state index in [0.29, 0.717) is 0 Å². The third-order valence-electron chi connectivity index (χ3n) is 2.04. The van der Waals surface area contributed by atoms with E-state index in [1.807, 2.05) is 0 Å². The molecule has 1 saturated heterocycles. The van der Waals surface area contributed by atoms with E-state index in [4.69, 9.17) is 9.84 Å². The zero-order chi connectivity index (χ0) is 9.35. The van der Waals surface area contributed by atoms with Crippen LogP contribution in [0.1, 0.15) is 6.42 Å². The van der Waals surface area contributed by atoms with E-state index in [-0.39, 0.29) is 13.0 Å². The van der Waals surface area contributed by atoms with Crippen LogP contribution >= 0.6 is 7.14 Å². The first-order valence-corrected chi connectivity index (χ1v) is 6.57. The fourth-order valence-corrected chi connectivity index (χ4v) is 2.40. The van der Waals surface area contributed by atoms with Crippen LogP contribution in [0, 0.1) is 0 Å². The Labute approximate surface area is 71.3 Å². The van der Waals surface area contributed by atoms with Gasteiger partial charge in [-0.2, -0.15) is 0 Å². The number of ether oxygens (including phenoxy) is 1. The van der Waals surface area contributed by atoms with Crippen LogP contribution in [0.5, 0.6) is 0 Å². The predicted octanol–water partition coefficient (Wildman–Crippen LogP) is 1.05. The van der Waals surface area contributed by atoms with Gasteiger partial charge >= 0.3 is 0 Å². The largest absolute Gasteiger partial charge is 0.394 e. The lowest BCUT2D eigenvalue weighted by Gasteiger charge is -2.15. The van der Waals surface area contributed by atoms with Crippen LogP contribution in [-0.4, -0.2) is 43.2 Å². The third-order valence-corrected chi connectivity index (χ3v) is 3.76. The number of aliphatic hydroxyl groups excluding tert-OH is 1. The van der Waals surface area contributed by atoms with Crippen molar-refractivity contribution in [2.24, 2.45) is 0 Å². The van der Waals surface area contributed by atoms with Crippen molar-refractivity contribution < 1.29 is 18.8 Å². The minimum atomic E-state index is -2.37. The summed E-state index contributed by atoms with van der Waals surface area (Å²) in [4.78, 5) is 0. The number of rotatable bonds is 2. The maximum absolute atomic E-state index is 13.0. The average molecular weight is 196 g/mol. The van der Waals surface area contributed by atoms with Gasteiger partial charge in [0.2, 0.25) is 0 Å². The van der Waals surface area contributed by atoms with Crippen LogP contribution in [0.4, 0.5) is 4.39 Å². The van der Waals surface area contributed by atoms with E-state index in [1.54, 1.807) is 13.3 Å². The first-order chi connectivity index (χ1) is 5.45. The SMILES string of the molecule is CP(C)(=O)[C@H]1C[C@H](F)[C@@H](CO)O1. The van der Waals surface area contributed by atoms with E-state index in [0.717, 1.165) is 0 Å². The summed E-state index contributed by atoms with van der Waals surface area (Å²) in [5.74, 6) is -0.510. The van der Waals surface area contributed by atoms with E-state index in [2.05, 4.69) is 0 Å². The van der Waals surface area contributed by atoms with Gasteiger partial charge in [-0.1, -0.05) is 0 Å². The summed E-state index contributed by atoms with van der Waals surface area (Å²) in [6.07, 6.45) is -1.80. The van der Waals surface area contributed by atoms with Crippen molar-refractivity contribution in [1.82, 2.24) is 0 Å². The van der Waals surface area contributed by atoms with Gasteiger partial charge < -0.3 is 14.4 Å². The lowest BCUT2D eigenvalue weighted by molar-refractivity contribution is 0.0181. The van der Waals surface area contributed by atoms with Gasteiger partial charge in [-0.3, -0.25) is 0 Å². The van der Waals surface area contributed by atoms with Gasteiger partial charge in [-0.05, 0) is 13.3 Å². The normalized spacial score (nSPS) is 37.2. The summed E-state index contributed by atoms with van der Waals surface area (Å²) in [7, 11) is -2.37. The molecule has 1 rings (SSSR count). The molecule has 0 radical (unpaired) electrons. The molecule has 0 aromatic rings. The molecular weight excluding hydrogens is 182 g/mol. The lowest BCUT2D eigenvalue weighted by Crippen LogP contribution is -2.21. The van der Waals surface area contributed by atoms with Crippen molar-refractivity contribution in [3.05, 3.63) is 0 Å². The van der Waals surface area contributed by atoms with Gasteiger partial charge in [0.05, 0.1) is 6.61 Å². The highest BCUT2D eigenvalue weighted by atomic mass is 31.2. The predicted molar refractivity (Wildman–Crippen MR) is 44.7 cm³/mol. The molecule has 1 N–H and O–H groups in total. The Bertz CT molecular complexity index is 203. The highest BCUT2D eigenvalue weighted by molar-refractivity contribution is 7.62. The van der Waals surface area contributed by atoms with Crippen molar-refractivity contribution in [2.75, 3.05) is 19.9 Å². The molecule has 0 aliphatic carbocycles. The highest BCUT2D eigenvalue weighted by Crippen LogP contribution is 2.49. The fourth-order valence-electron chi connectivity index (χ4n) is 1.24. The third kappa shape index (κ3) is 2.06. The Morgan fingerprint density at radius 2 is 2.25 bits per heavy atom. The molecule has 72 valence electrons. The topological polar surface area (TPSA) is 46.5 Å². The van der Waals surface area contributed by atoms with Gasteiger partial charge in [-0.25, -0.2) is 4.39 Å². The second-order valence-electron chi connectivity index (χ2n) is 3.50. The van der Waals surface area contributed by atoms with Crippen molar-refractivity contribution in [3.8, 4) is 0 Å². The number of aliphatic hydroxyl groups is 1. The Morgan fingerprint density at radius 1 is 1.67 bits per heavy atom. The lowest BCUT2D eigenvalue weighted by atomic mass is 10.2. The molecule has 1 heterocycles. The van der Waals surface area contributed by atoms with Gasteiger partial charge in [0.15, 0.2) is 0 Å². The summed E-state index contributed by atoms with van der Waals surface area (Å²) >= 11 is 0. The average Bonchev–Trinajstić information content (AvgIpc) is 2.29. The minimum absolute atomic E-state index is 0.148. The number of halogens is 1. The minimum Gasteiger partial charge on any atom is -0.394 e. The molecule has 0 aromatic heterocycles. The highest BCUT2D eigenvalue weighted by Gasteiger charge is 2.40. The zero-order valence-electron chi connectivity index (χ0n) is 7.24. The zero-order valence-corrected chi connectivity index (χ0v) is 8.13. The molecule has 1 aliphatic rings. The molecule has 0 spiro atoms. The smallest absolute Gasteiger partial charge is 0.131 e. The fraction of sp³-hybridized carbons (Fsp3) is 1.00. The Hall–Kier alpha value is 0.0800. The molecule has 1 aliphatic heterocycles. The molecule has 5 heteroatoms. The summed E-state index contributed by atoms with van der Waals surface area (Å²) in [5, 5.41) is 8.67. The molecule has 3 nitrogen and oxygen atoms in total. The standard InChI is InChI=1S/C7H14FO3P/c1-12(2,10)7-3-5(8)6(4-9)11-7/h5-7,9H,3-4H2,1-2H3/t5-,6+,7-/m0/s1. The van der Waals surface area contributed by atoms with Crippen molar-refractivity contribution in [2.45, 2.75) is 24.5 Å². The molecule has 12 heavy (non-hydrogen) atoms. The van der Waals surface area contributed by atoms with E-state index < -0.39 is 25.3 Å². The Morgan fingerprint density at radius 3 is 2.50 bits per heavy atom. The van der Waals surface area contributed by atoms with Gasteiger partial charge in [0.25, 0.3) is 0 Å². The molecule has 3 atom stereocenters. The van der Waals surface area contributed by atoms with Crippen LogP contribution in [0.2, 0.25) is 0 Å². The molecule has 0 saturated carbocycles. The van der Waals surface area contributed by atoms with Crippen molar-refractivity contribution in [1.29, 1.82) is 0 Å². The second-order valence-corrected chi connectivity index (χ2v) is 6.94. The van der Waals surface area contributed by atoms with Crippen LogP contribution in [0.3, 0.4) is 0 Å². The van der Waals surface area contributed by atoms with Crippen LogP contribution < -0.4 is 0 Å². The maximum Gasteiger partial charge on any atom is 0.131 e. The molecule has 1 fully saturated rings. The number of hydrogen-bond acceptors (Lipinski definition) is 3. The first kappa shape index (κ1) is 10.2. The monoisotopic (exact) mass is 196 g/mol. The summed E-state index contributed by atoms with van der Waals surface area (Å²) in [6.45, 7) is 2.81. The summed E-state index contributed by atoms with van der Waals surface area (Å²) < 4.78 is 29.5. The molecule has 0 amide bonds. The van der Waals surface area contributed by atoms with E-state index >= 15 is 0 Å². The Kier molecular flexibility index (Phi) is 2.92. The van der Waals surface area contributed by atoms with Gasteiger partial charge in [0.1, 0.15) is 25.3 Å². The number of alkyl halides is 1. The van der Waals surface area contributed by atoms with Crippen LogP contribution in [0.15, 0.2) is 0 Å². The summed E-state index contributed by atoms with van der Waals surface area (Å²) in [6, 6.07) is 0. The van der Waals surface area contributed by atoms with Crippen molar-refractivity contribution in [3.63, 3.8) is 0 Å². The second kappa shape index (κ2) is 3.44. The van der Waals surface area contributed by atoms with Crippen LogP contribution in [-0.2, 0) is 9.30 Å². The Balaban J connectivity index is 2.60. The molecular formula is C7H14FO3P. The quantitative estimate of drug-likeness (QED) is 0.671. The van der Waals surface area contributed by atoms with E-state index in [9.17, 15) is 8.96 Å². The molecule has 0 unspecified atom stereocenters. The van der Waals surface area contributed by atoms with Gasteiger partial charge in [-0.15, -0.1) is 0 Å². The van der Waals surface area contributed by atoms with E-state index in [1.165, 1.54) is 0 Å². The maximum atomic E-state index is 13.0. The molecule has 0 bridgehead atoms. The van der Waals surface area contributed by atoms with Gasteiger partial charge in [0, 0.05) is 6.42 Å². The summed E-state index contributed by atoms with van der Waals surface area (Å²) in [5.41, 5.74) is 0.